The van der Waals surface area contributed by atoms with Gasteiger partial charge in [-0.1, -0.05) is 18.2 Å². The maximum absolute atomic E-state index is 12.8. The Bertz CT molecular complexity index is 1420. The number of pyridine rings is 1. The number of hydrogen-bond donors (Lipinski definition) is 3. The van der Waals surface area contributed by atoms with Gasteiger partial charge in [-0.2, -0.15) is 0 Å². The normalized spacial score (nSPS) is 12.3. The lowest BCUT2D eigenvalue weighted by molar-refractivity contribution is -0.118. The van der Waals surface area contributed by atoms with Crippen molar-refractivity contribution in [2.24, 2.45) is 0 Å². The third-order valence-electron chi connectivity index (χ3n) is 5.12. The molecule has 0 unspecified atom stereocenters. The first-order valence-electron chi connectivity index (χ1n) is 10.2. The third-order valence-corrected chi connectivity index (χ3v) is 5.12. The van der Waals surface area contributed by atoms with Crippen molar-refractivity contribution in [1.29, 1.82) is 0 Å². The molecule has 0 aliphatic carbocycles. The van der Waals surface area contributed by atoms with Crippen LogP contribution in [0.15, 0.2) is 79.0 Å². The number of rotatable bonds is 4. The summed E-state index contributed by atoms with van der Waals surface area (Å²) in [6, 6.07) is 20.7. The summed E-state index contributed by atoms with van der Waals surface area (Å²) in [6.45, 7) is -0.0746. The van der Waals surface area contributed by atoms with Gasteiger partial charge in [0.25, 0.3) is 17.7 Å². The molecule has 4 aromatic rings. The summed E-state index contributed by atoms with van der Waals surface area (Å²) in [6.07, 6.45) is 1.70. The number of benzene rings is 3. The van der Waals surface area contributed by atoms with Crippen molar-refractivity contribution in [3.05, 3.63) is 90.1 Å². The summed E-state index contributed by atoms with van der Waals surface area (Å²) in [5.74, 6) is -0.461. The highest BCUT2D eigenvalue weighted by Crippen LogP contribution is 2.30. The van der Waals surface area contributed by atoms with Crippen LogP contribution in [0.3, 0.4) is 0 Å². The van der Waals surface area contributed by atoms with Crippen LogP contribution in [0.2, 0.25) is 0 Å². The molecule has 1 aliphatic heterocycles. The predicted octanol–water partition coefficient (Wildman–Crippen LogP) is 4.07. The third kappa shape index (κ3) is 4.35. The Hall–Kier alpha value is -4.72. The minimum absolute atomic E-state index is 0.0746. The first-order chi connectivity index (χ1) is 16.0. The summed E-state index contributed by atoms with van der Waals surface area (Å²) in [4.78, 5) is 41.2. The van der Waals surface area contributed by atoms with Crippen molar-refractivity contribution in [3.63, 3.8) is 0 Å². The average Bonchev–Trinajstić information content (AvgIpc) is 2.84. The van der Waals surface area contributed by atoms with Crippen LogP contribution in [0.5, 0.6) is 5.75 Å². The van der Waals surface area contributed by atoms with Crippen molar-refractivity contribution in [1.82, 2.24) is 4.98 Å². The zero-order valence-electron chi connectivity index (χ0n) is 17.3. The van der Waals surface area contributed by atoms with Gasteiger partial charge in [-0.05, 0) is 48.5 Å². The van der Waals surface area contributed by atoms with E-state index in [0.29, 0.717) is 33.9 Å². The zero-order valence-corrected chi connectivity index (χ0v) is 17.3. The largest absolute Gasteiger partial charge is 0.482 e. The van der Waals surface area contributed by atoms with E-state index in [1.165, 1.54) is 6.07 Å². The molecule has 0 atom stereocenters. The topological polar surface area (TPSA) is 109 Å². The van der Waals surface area contributed by atoms with Crippen molar-refractivity contribution in [2.75, 3.05) is 22.6 Å². The molecule has 162 valence electrons. The van der Waals surface area contributed by atoms with Crippen LogP contribution in [0.4, 0.5) is 17.1 Å². The predicted molar refractivity (Wildman–Crippen MR) is 125 cm³/mol. The number of amides is 3. The van der Waals surface area contributed by atoms with E-state index < -0.39 is 0 Å². The smallest absolute Gasteiger partial charge is 0.262 e. The van der Waals surface area contributed by atoms with E-state index in [0.717, 1.165) is 10.9 Å². The van der Waals surface area contributed by atoms with Gasteiger partial charge in [-0.25, -0.2) is 0 Å². The number of fused-ring (bicyclic) bond motifs is 2. The Balaban J connectivity index is 1.30. The number of nitrogens with one attached hydrogen (secondary N) is 3. The van der Waals surface area contributed by atoms with Crippen molar-refractivity contribution < 1.29 is 19.1 Å². The molecule has 0 bridgehead atoms. The SMILES string of the molecule is O=C1COc2cc(NC(=O)c3cccc(C(=O)Nc4ccc5cccnc5c4)c3)ccc2N1. The van der Waals surface area contributed by atoms with Crippen LogP contribution in [0.25, 0.3) is 10.9 Å². The van der Waals surface area contributed by atoms with E-state index in [-0.39, 0.29) is 24.3 Å². The Labute approximate surface area is 188 Å². The standard InChI is InChI=1S/C25H18N4O4/c30-23-14-33-22-13-19(8-9-20(22)29-23)28-25(32)17-4-1-3-16(11-17)24(31)27-18-7-6-15-5-2-10-26-21(15)12-18/h1-13H,14H2,(H,27,31)(H,28,32)(H,29,30). The second-order valence-corrected chi connectivity index (χ2v) is 7.45. The molecule has 0 saturated heterocycles. The second-order valence-electron chi connectivity index (χ2n) is 7.45. The van der Waals surface area contributed by atoms with E-state index in [1.54, 1.807) is 54.7 Å². The van der Waals surface area contributed by atoms with Crippen LogP contribution in [0, 0.1) is 0 Å². The molecule has 3 aromatic carbocycles. The molecule has 3 amide bonds. The highest BCUT2D eigenvalue weighted by molar-refractivity contribution is 6.09. The number of ether oxygens (including phenoxy) is 1. The zero-order chi connectivity index (χ0) is 22.8. The summed E-state index contributed by atoms with van der Waals surface area (Å²) in [5, 5.41) is 9.30. The highest BCUT2D eigenvalue weighted by atomic mass is 16.5. The number of anilines is 3. The van der Waals surface area contributed by atoms with E-state index in [2.05, 4.69) is 20.9 Å². The Morgan fingerprint density at radius 3 is 2.36 bits per heavy atom. The van der Waals surface area contributed by atoms with Gasteiger partial charge in [0.1, 0.15) is 5.75 Å². The summed E-state index contributed by atoms with van der Waals surface area (Å²) < 4.78 is 5.38. The van der Waals surface area contributed by atoms with Crippen LogP contribution < -0.4 is 20.7 Å². The van der Waals surface area contributed by atoms with Gasteiger partial charge in [0.15, 0.2) is 6.61 Å². The van der Waals surface area contributed by atoms with Crippen LogP contribution in [0.1, 0.15) is 20.7 Å². The Morgan fingerprint density at radius 1 is 0.848 bits per heavy atom. The first kappa shape index (κ1) is 20.2. The Kier molecular flexibility index (Phi) is 5.16. The van der Waals surface area contributed by atoms with E-state index in [9.17, 15) is 14.4 Å². The number of aromatic nitrogens is 1. The molecule has 1 aliphatic rings. The molecule has 2 heterocycles. The van der Waals surface area contributed by atoms with E-state index in [1.807, 2.05) is 18.2 Å². The Morgan fingerprint density at radius 2 is 1.58 bits per heavy atom. The molecular formula is C25H18N4O4. The number of carbonyl (C=O) groups excluding carboxylic acids is 3. The number of nitrogens with zero attached hydrogens (tertiary/aromatic N) is 1. The lowest BCUT2D eigenvalue weighted by atomic mass is 10.1. The van der Waals surface area contributed by atoms with Gasteiger partial charge in [0.05, 0.1) is 11.2 Å². The van der Waals surface area contributed by atoms with Crippen molar-refractivity contribution in [3.8, 4) is 5.75 Å². The summed E-state index contributed by atoms with van der Waals surface area (Å²) in [5.41, 5.74) is 3.12. The van der Waals surface area contributed by atoms with Crippen molar-refractivity contribution >= 4 is 45.7 Å². The van der Waals surface area contributed by atoms with Gasteiger partial charge in [-0.15, -0.1) is 0 Å². The van der Waals surface area contributed by atoms with Gasteiger partial charge >= 0.3 is 0 Å². The maximum Gasteiger partial charge on any atom is 0.262 e. The molecule has 33 heavy (non-hydrogen) atoms. The fraction of sp³-hybridized carbons (Fsp3) is 0.0400. The quantitative estimate of drug-likeness (QED) is 0.445. The molecule has 0 saturated carbocycles. The molecule has 0 spiro atoms. The van der Waals surface area contributed by atoms with Crippen molar-refractivity contribution in [2.45, 2.75) is 0 Å². The summed E-state index contributed by atoms with van der Waals surface area (Å²) in [7, 11) is 0. The van der Waals surface area contributed by atoms with E-state index >= 15 is 0 Å². The molecule has 3 N–H and O–H groups in total. The fourth-order valence-electron chi connectivity index (χ4n) is 3.50. The lowest BCUT2D eigenvalue weighted by Crippen LogP contribution is -2.25. The minimum atomic E-state index is -0.376. The minimum Gasteiger partial charge on any atom is -0.482 e. The maximum atomic E-state index is 12.8. The molecular weight excluding hydrogens is 420 g/mol. The molecule has 8 nitrogen and oxygen atoms in total. The highest BCUT2D eigenvalue weighted by Gasteiger charge is 2.17. The lowest BCUT2D eigenvalue weighted by Gasteiger charge is -2.18. The first-order valence-corrected chi connectivity index (χ1v) is 10.2. The van der Waals surface area contributed by atoms with Gasteiger partial charge < -0.3 is 20.7 Å². The second kappa shape index (κ2) is 8.43. The van der Waals surface area contributed by atoms with Gasteiger partial charge in [0.2, 0.25) is 0 Å². The van der Waals surface area contributed by atoms with Gasteiger partial charge in [0, 0.05) is 40.2 Å². The van der Waals surface area contributed by atoms with Crippen LogP contribution in [-0.2, 0) is 4.79 Å². The van der Waals surface area contributed by atoms with Crippen LogP contribution in [-0.4, -0.2) is 29.3 Å². The molecule has 8 heteroatoms. The molecule has 5 rings (SSSR count). The average molecular weight is 438 g/mol. The van der Waals surface area contributed by atoms with Crippen LogP contribution >= 0.6 is 0 Å². The molecule has 0 fully saturated rings. The molecule has 0 radical (unpaired) electrons. The number of hydrogen-bond acceptors (Lipinski definition) is 5. The summed E-state index contributed by atoms with van der Waals surface area (Å²) >= 11 is 0. The monoisotopic (exact) mass is 438 g/mol. The van der Waals surface area contributed by atoms with Gasteiger partial charge in [-0.3, -0.25) is 19.4 Å². The fourth-order valence-corrected chi connectivity index (χ4v) is 3.50. The number of carbonyl (C=O) groups is 3. The molecule has 1 aromatic heterocycles. The van der Waals surface area contributed by atoms with E-state index in [4.69, 9.17) is 4.74 Å².